The molecule has 5 nitrogen and oxygen atoms in total. The predicted octanol–water partition coefficient (Wildman–Crippen LogP) is 2.27. The van der Waals surface area contributed by atoms with E-state index in [9.17, 15) is 22.8 Å². The van der Waals surface area contributed by atoms with Gasteiger partial charge in [-0.15, -0.1) is 0 Å². The molecule has 9 heteroatoms. The lowest BCUT2D eigenvalue weighted by atomic mass is 10.0. The molecule has 0 aromatic heterocycles. The molecule has 0 aliphatic rings. The third kappa shape index (κ3) is 4.33. The lowest BCUT2D eigenvalue weighted by Gasteiger charge is -2.28. The molecule has 1 atom stereocenters. The summed E-state index contributed by atoms with van der Waals surface area (Å²) in [6.45, 7) is -0.378. The van der Waals surface area contributed by atoms with Crippen molar-refractivity contribution in [1.29, 1.82) is 0 Å². The molecule has 0 bridgehead atoms. The molecule has 0 spiro atoms. The number of hydrogen-bond acceptors (Lipinski definition) is 3. The van der Waals surface area contributed by atoms with Crippen LogP contribution < -0.4 is 10.6 Å². The van der Waals surface area contributed by atoms with E-state index in [1.165, 1.54) is 12.1 Å². The largest absolute Gasteiger partial charge is 0.480 e. The van der Waals surface area contributed by atoms with Gasteiger partial charge in [0.2, 0.25) is 11.4 Å². The number of amides is 1. The van der Waals surface area contributed by atoms with Gasteiger partial charge in [-0.2, -0.15) is 13.2 Å². The summed E-state index contributed by atoms with van der Waals surface area (Å²) in [5, 5.41) is 13.0. The first-order valence-corrected chi connectivity index (χ1v) is 6.04. The minimum Gasteiger partial charge on any atom is -0.480 e. The SMILES string of the molecule is CC(NCC(=O)Nc1cccc(Cl)c1)(C(=O)O)C(F)(F)F. The van der Waals surface area contributed by atoms with E-state index in [-0.39, 0.29) is 0 Å². The van der Waals surface area contributed by atoms with Crippen LogP contribution in [-0.4, -0.2) is 35.2 Å². The molecule has 1 aromatic carbocycles. The van der Waals surface area contributed by atoms with Crippen molar-refractivity contribution in [3.63, 3.8) is 0 Å². The summed E-state index contributed by atoms with van der Waals surface area (Å²) < 4.78 is 38.1. The van der Waals surface area contributed by atoms with E-state index in [1.54, 1.807) is 17.4 Å². The summed E-state index contributed by atoms with van der Waals surface area (Å²) in [5.74, 6) is -2.94. The number of hydrogen-bond donors (Lipinski definition) is 3. The maximum absolute atomic E-state index is 12.7. The van der Waals surface area contributed by atoms with Crippen LogP contribution in [-0.2, 0) is 9.59 Å². The summed E-state index contributed by atoms with van der Waals surface area (Å²) >= 11 is 5.69. The van der Waals surface area contributed by atoms with Crippen LogP contribution in [0.4, 0.5) is 18.9 Å². The Morgan fingerprint density at radius 3 is 2.43 bits per heavy atom. The Bertz CT molecular complexity index is 551. The minimum absolute atomic E-state index is 0.290. The molecule has 1 amide bonds. The summed E-state index contributed by atoms with van der Waals surface area (Å²) in [5.41, 5.74) is -2.92. The highest BCUT2D eigenvalue weighted by atomic mass is 35.5. The first-order chi connectivity index (χ1) is 9.56. The van der Waals surface area contributed by atoms with Crippen molar-refractivity contribution in [3.8, 4) is 0 Å². The second-order valence-electron chi connectivity index (χ2n) is 4.34. The van der Waals surface area contributed by atoms with Gasteiger partial charge in [0.05, 0.1) is 6.54 Å². The zero-order valence-corrected chi connectivity index (χ0v) is 11.5. The number of carbonyl (C=O) groups excluding carboxylic acids is 1. The van der Waals surface area contributed by atoms with Crippen LogP contribution in [0.5, 0.6) is 0 Å². The molecule has 3 N–H and O–H groups in total. The monoisotopic (exact) mass is 324 g/mol. The summed E-state index contributed by atoms with van der Waals surface area (Å²) in [4.78, 5) is 22.3. The number of alkyl halides is 3. The molecule has 0 saturated heterocycles. The van der Waals surface area contributed by atoms with Gasteiger partial charge in [-0.25, -0.2) is 4.79 Å². The number of carbonyl (C=O) groups is 2. The molecule has 0 aliphatic carbocycles. The number of benzene rings is 1. The summed E-state index contributed by atoms with van der Waals surface area (Å²) in [6, 6.07) is 5.99. The van der Waals surface area contributed by atoms with Crippen molar-refractivity contribution in [2.45, 2.75) is 18.6 Å². The Labute approximate surface area is 123 Å². The average Bonchev–Trinajstić information content (AvgIpc) is 2.34. The molecule has 0 fully saturated rings. The smallest absolute Gasteiger partial charge is 0.417 e. The molecule has 21 heavy (non-hydrogen) atoms. The highest BCUT2D eigenvalue weighted by Crippen LogP contribution is 2.30. The van der Waals surface area contributed by atoms with Gasteiger partial charge in [0.15, 0.2) is 0 Å². The fourth-order valence-corrected chi connectivity index (χ4v) is 1.52. The third-order valence-corrected chi connectivity index (χ3v) is 2.94. The third-order valence-electron chi connectivity index (χ3n) is 2.71. The van der Waals surface area contributed by atoms with Gasteiger partial charge >= 0.3 is 12.1 Å². The lowest BCUT2D eigenvalue weighted by Crippen LogP contribution is -2.61. The average molecular weight is 325 g/mol. The molecular weight excluding hydrogens is 313 g/mol. The number of carboxylic acids is 1. The molecule has 0 aliphatic heterocycles. The Morgan fingerprint density at radius 1 is 1.33 bits per heavy atom. The Hall–Kier alpha value is -1.80. The Morgan fingerprint density at radius 2 is 1.95 bits per heavy atom. The van der Waals surface area contributed by atoms with Crippen LogP contribution in [0.1, 0.15) is 6.92 Å². The zero-order chi connectivity index (χ0) is 16.3. The van der Waals surface area contributed by atoms with E-state index in [0.717, 1.165) is 0 Å². The predicted molar refractivity (Wildman–Crippen MR) is 70.2 cm³/mol. The number of anilines is 1. The normalized spacial score (nSPS) is 14.3. The van der Waals surface area contributed by atoms with Gasteiger partial charge in [0.1, 0.15) is 0 Å². The van der Waals surface area contributed by atoms with Gasteiger partial charge < -0.3 is 10.4 Å². The molecule has 0 heterocycles. The maximum Gasteiger partial charge on any atom is 0.417 e. The van der Waals surface area contributed by atoms with Gasteiger partial charge in [0, 0.05) is 10.7 Å². The fraction of sp³-hybridized carbons (Fsp3) is 0.333. The molecule has 1 rings (SSSR count). The van der Waals surface area contributed by atoms with E-state index >= 15 is 0 Å². The van der Waals surface area contributed by atoms with Crippen molar-refractivity contribution in [2.75, 3.05) is 11.9 Å². The van der Waals surface area contributed by atoms with Crippen molar-refractivity contribution in [1.82, 2.24) is 5.32 Å². The topological polar surface area (TPSA) is 78.4 Å². The Balaban J connectivity index is 2.69. The number of rotatable bonds is 5. The molecule has 1 aromatic rings. The number of aliphatic carboxylic acids is 1. The highest BCUT2D eigenvalue weighted by Gasteiger charge is 2.57. The van der Waals surface area contributed by atoms with Gasteiger partial charge in [-0.05, 0) is 25.1 Å². The molecular formula is C12H12ClF3N2O3. The van der Waals surface area contributed by atoms with Gasteiger partial charge in [-0.1, -0.05) is 17.7 Å². The van der Waals surface area contributed by atoms with Crippen LogP contribution in [0, 0.1) is 0 Å². The Kier molecular flexibility index (Phi) is 5.19. The number of nitrogens with one attached hydrogen (secondary N) is 2. The number of carboxylic acid groups (broad SMARTS) is 1. The second kappa shape index (κ2) is 6.31. The van der Waals surface area contributed by atoms with E-state index in [1.807, 2.05) is 0 Å². The lowest BCUT2D eigenvalue weighted by molar-refractivity contribution is -0.205. The molecule has 0 radical (unpaired) electrons. The highest BCUT2D eigenvalue weighted by molar-refractivity contribution is 6.30. The zero-order valence-electron chi connectivity index (χ0n) is 10.8. The van der Waals surface area contributed by atoms with E-state index in [0.29, 0.717) is 17.6 Å². The van der Waals surface area contributed by atoms with E-state index < -0.39 is 30.1 Å². The minimum atomic E-state index is -5.05. The van der Waals surface area contributed by atoms with Crippen LogP contribution >= 0.6 is 11.6 Å². The van der Waals surface area contributed by atoms with Crippen molar-refractivity contribution in [2.24, 2.45) is 0 Å². The molecule has 116 valence electrons. The van der Waals surface area contributed by atoms with Crippen LogP contribution in [0.2, 0.25) is 5.02 Å². The van der Waals surface area contributed by atoms with Crippen molar-refractivity contribution in [3.05, 3.63) is 29.3 Å². The van der Waals surface area contributed by atoms with E-state index in [2.05, 4.69) is 5.32 Å². The first kappa shape index (κ1) is 17.3. The summed E-state index contributed by atoms with van der Waals surface area (Å²) in [7, 11) is 0. The van der Waals surface area contributed by atoms with Crippen molar-refractivity contribution >= 4 is 29.2 Å². The molecule has 1 unspecified atom stereocenters. The molecule has 0 saturated carbocycles. The summed E-state index contributed by atoms with van der Waals surface area (Å²) in [6.07, 6.45) is -5.05. The van der Waals surface area contributed by atoms with Gasteiger partial charge in [0.25, 0.3) is 0 Å². The van der Waals surface area contributed by atoms with Crippen LogP contribution in [0.3, 0.4) is 0 Å². The van der Waals surface area contributed by atoms with Crippen LogP contribution in [0.15, 0.2) is 24.3 Å². The van der Waals surface area contributed by atoms with Gasteiger partial charge in [-0.3, -0.25) is 10.1 Å². The number of halogens is 4. The maximum atomic E-state index is 12.7. The standard InChI is InChI=1S/C12H12ClF3N2O3/c1-11(10(20)21,12(14,15)16)17-6-9(19)18-8-4-2-3-7(13)5-8/h2-5,17H,6H2,1H3,(H,18,19)(H,20,21). The quantitative estimate of drug-likeness (QED) is 0.776. The van der Waals surface area contributed by atoms with Crippen molar-refractivity contribution < 1.29 is 27.9 Å². The second-order valence-corrected chi connectivity index (χ2v) is 4.78. The first-order valence-electron chi connectivity index (χ1n) is 5.67. The van der Waals surface area contributed by atoms with E-state index in [4.69, 9.17) is 16.7 Å². The van der Waals surface area contributed by atoms with Crippen LogP contribution in [0.25, 0.3) is 0 Å². The fourth-order valence-electron chi connectivity index (χ4n) is 1.33.